The number of rotatable bonds is 8. The van der Waals surface area contributed by atoms with Crippen LogP contribution in [-0.2, 0) is 19.1 Å². The molecule has 0 bridgehead atoms. The third kappa shape index (κ3) is 5.14. The maximum Gasteiger partial charge on any atom is 0.326 e. The van der Waals surface area contributed by atoms with Crippen LogP contribution in [0.1, 0.15) is 26.3 Å². The van der Waals surface area contributed by atoms with Gasteiger partial charge in [0.2, 0.25) is 5.75 Å². The molecular weight excluding hydrogens is 420 g/mol. The fourth-order valence-electron chi connectivity index (χ4n) is 2.50. The van der Waals surface area contributed by atoms with Crippen molar-refractivity contribution in [2.45, 2.75) is 20.8 Å². The Bertz CT molecular complexity index is 942. The van der Waals surface area contributed by atoms with Gasteiger partial charge >= 0.3 is 17.6 Å². The summed E-state index contributed by atoms with van der Waals surface area (Å²) in [6, 6.07) is 2.55. The summed E-state index contributed by atoms with van der Waals surface area (Å²) in [6.45, 7) is 3.89. The number of nitro groups is 1. The Labute approximate surface area is 175 Å². The number of nitro benzene ring substituents is 1. The molecule has 1 aromatic carbocycles. The number of benzene rings is 1. The fraction of sp³-hybridized carbons (Fsp3) is 0.333. The zero-order chi connectivity index (χ0) is 22.4. The topological polar surface area (TPSA) is 142 Å². The van der Waals surface area contributed by atoms with Crippen LogP contribution >= 0.6 is 11.8 Å². The minimum absolute atomic E-state index is 0.0408. The highest BCUT2D eigenvalue weighted by Gasteiger charge is 2.37. The van der Waals surface area contributed by atoms with E-state index in [-0.39, 0.29) is 35.2 Å². The van der Waals surface area contributed by atoms with Crippen LogP contribution in [0, 0.1) is 10.1 Å². The Morgan fingerprint density at radius 2 is 1.93 bits per heavy atom. The molecule has 0 N–H and O–H groups in total. The minimum atomic E-state index is -0.783. The summed E-state index contributed by atoms with van der Waals surface area (Å²) in [5, 5.41) is 11.0. The van der Waals surface area contributed by atoms with E-state index in [1.54, 1.807) is 13.8 Å². The van der Waals surface area contributed by atoms with Crippen molar-refractivity contribution in [3.05, 3.63) is 32.7 Å². The van der Waals surface area contributed by atoms with Gasteiger partial charge in [0.05, 0.1) is 28.6 Å². The van der Waals surface area contributed by atoms with E-state index < -0.39 is 40.2 Å². The third-order valence-electron chi connectivity index (χ3n) is 3.60. The van der Waals surface area contributed by atoms with Gasteiger partial charge in [-0.2, -0.15) is 0 Å². The Kier molecular flexibility index (Phi) is 7.53. The summed E-state index contributed by atoms with van der Waals surface area (Å²) in [5.74, 6) is -2.66. The number of nitrogens with zero attached hydrogens (tertiary/aromatic N) is 2. The van der Waals surface area contributed by atoms with Gasteiger partial charge in [-0.25, -0.2) is 0 Å². The molecule has 160 valence electrons. The van der Waals surface area contributed by atoms with Crippen molar-refractivity contribution in [2.24, 2.45) is 0 Å². The number of thioether (sulfide) groups is 1. The van der Waals surface area contributed by atoms with Crippen molar-refractivity contribution in [3.8, 4) is 11.5 Å². The van der Waals surface area contributed by atoms with Crippen LogP contribution in [0.2, 0.25) is 0 Å². The molecule has 0 aromatic heterocycles. The Hall–Kier alpha value is -3.41. The molecule has 11 nitrogen and oxygen atoms in total. The van der Waals surface area contributed by atoms with Crippen molar-refractivity contribution in [1.82, 2.24) is 4.90 Å². The zero-order valence-electron chi connectivity index (χ0n) is 16.3. The van der Waals surface area contributed by atoms with Crippen LogP contribution in [0.4, 0.5) is 10.5 Å². The molecule has 0 radical (unpaired) electrons. The molecule has 1 aromatic rings. The van der Waals surface area contributed by atoms with Gasteiger partial charge < -0.3 is 14.2 Å². The number of ether oxygens (including phenoxy) is 3. The number of carbonyl (C=O) groups is 4. The van der Waals surface area contributed by atoms with Crippen molar-refractivity contribution >= 4 is 46.6 Å². The third-order valence-corrected chi connectivity index (χ3v) is 4.51. The molecule has 30 heavy (non-hydrogen) atoms. The van der Waals surface area contributed by atoms with Crippen molar-refractivity contribution < 1.29 is 38.3 Å². The van der Waals surface area contributed by atoms with E-state index >= 15 is 0 Å². The van der Waals surface area contributed by atoms with Gasteiger partial charge in [-0.05, 0) is 43.8 Å². The first kappa shape index (κ1) is 22.9. The second-order valence-electron chi connectivity index (χ2n) is 5.69. The second-order valence-corrected chi connectivity index (χ2v) is 6.68. The van der Waals surface area contributed by atoms with Crippen molar-refractivity contribution in [2.75, 3.05) is 19.8 Å². The van der Waals surface area contributed by atoms with Crippen LogP contribution < -0.4 is 9.47 Å². The Morgan fingerprint density at radius 3 is 2.50 bits per heavy atom. The quantitative estimate of drug-likeness (QED) is 0.195. The number of imide groups is 1. The van der Waals surface area contributed by atoms with Crippen molar-refractivity contribution in [1.29, 1.82) is 0 Å². The van der Waals surface area contributed by atoms with Crippen LogP contribution in [0.15, 0.2) is 17.0 Å². The lowest BCUT2D eigenvalue weighted by atomic mass is 10.1. The van der Waals surface area contributed by atoms with Gasteiger partial charge in [0.1, 0.15) is 6.54 Å². The molecule has 1 heterocycles. The highest BCUT2D eigenvalue weighted by atomic mass is 32.2. The maximum atomic E-state index is 12.5. The minimum Gasteiger partial charge on any atom is -0.485 e. The average Bonchev–Trinajstić information content (AvgIpc) is 2.91. The summed E-state index contributed by atoms with van der Waals surface area (Å²) in [7, 11) is 0. The van der Waals surface area contributed by atoms with E-state index in [0.29, 0.717) is 16.7 Å². The molecule has 0 atom stereocenters. The zero-order valence-corrected chi connectivity index (χ0v) is 17.1. The molecule has 1 saturated heterocycles. The molecule has 1 aliphatic heterocycles. The highest BCUT2D eigenvalue weighted by Crippen LogP contribution is 2.42. The molecule has 2 amide bonds. The van der Waals surface area contributed by atoms with Gasteiger partial charge in [0.15, 0.2) is 5.75 Å². The standard InChI is InChI=1S/C18H18N2O9S/c1-4-27-14(22)9-19-17(23)13(30-18(19)24)8-11-6-7-12(29-10(3)21)16(28-5-2)15(11)20(25)26/h6-8H,4-5,9H2,1-3H3/b13-8-. The van der Waals surface area contributed by atoms with Gasteiger partial charge in [0.25, 0.3) is 11.1 Å². The number of carbonyl (C=O) groups excluding carboxylic acids is 4. The van der Waals surface area contributed by atoms with E-state index in [9.17, 15) is 29.3 Å². The van der Waals surface area contributed by atoms with Gasteiger partial charge in [-0.3, -0.25) is 34.2 Å². The predicted octanol–water partition coefficient (Wildman–Crippen LogP) is 2.52. The lowest BCUT2D eigenvalue weighted by Gasteiger charge is -2.12. The van der Waals surface area contributed by atoms with E-state index in [0.717, 1.165) is 13.0 Å². The molecule has 1 fully saturated rings. The molecule has 2 rings (SSSR count). The summed E-state index contributed by atoms with van der Waals surface area (Å²) in [5.41, 5.74) is -0.575. The van der Waals surface area contributed by atoms with Gasteiger partial charge in [0, 0.05) is 6.92 Å². The van der Waals surface area contributed by atoms with E-state index in [1.165, 1.54) is 12.1 Å². The van der Waals surface area contributed by atoms with Crippen LogP contribution in [0.3, 0.4) is 0 Å². The van der Waals surface area contributed by atoms with Crippen molar-refractivity contribution in [3.63, 3.8) is 0 Å². The lowest BCUT2D eigenvalue weighted by molar-refractivity contribution is -0.386. The smallest absolute Gasteiger partial charge is 0.326 e. The van der Waals surface area contributed by atoms with E-state index in [1.807, 2.05) is 0 Å². The molecule has 0 unspecified atom stereocenters. The van der Waals surface area contributed by atoms with Crippen LogP contribution in [-0.4, -0.2) is 52.7 Å². The Balaban J connectivity index is 2.47. The number of amides is 2. The lowest BCUT2D eigenvalue weighted by Crippen LogP contribution is -2.34. The highest BCUT2D eigenvalue weighted by molar-refractivity contribution is 8.18. The summed E-state index contributed by atoms with van der Waals surface area (Å²) in [6.07, 6.45) is 1.15. The second kappa shape index (κ2) is 9.87. The number of esters is 2. The van der Waals surface area contributed by atoms with Gasteiger partial charge in [-0.15, -0.1) is 0 Å². The van der Waals surface area contributed by atoms with E-state index in [4.69, 9.17) is 14.2 Å². The Morgan fingerprint density at radius 1 is 1.23 bits per heavy atom. The summed E-state index contributed by atoms with van der Waals surface area (Å²) in [4.78, 5) is 59.0. The molecule has 12 heteroatoms. The number of hydrogen-bond donors (Lipinski definition) is 0. The molecule has 0 saturated carbocycles. The number of hydrogen-bond acceptors (Lipinski definition) is 10. The first-order valence-corrected chi connectivity index (χ1v) is 9.54. The first-order valence-electron chi connectivity index (χ1n) is 8.73. The largest absolute Gasteiger partial charge is 0.485 e. The fourth-order valence-corrected chi connectivity index (χ4v) is 3.33. The first-order chi connectivity index (χ1) is 14.2. The summed E-state index contributed by atoms with van der Waals surface area (Å²) >= 11 is 0.533. The SMILES string of the molecule is CCOC(=O)CN1C(=O)S/C(=C\c2ccc(OC(C)=O)c(OCC)c2[N+](=O)[O-])C1=O. The normalized spacial score (nSPS) is 14.8. The molecule has 0 spiro atoms. The van der Waals surface area contributed by atoms with Gasteiger partial charge in [-0.1, -0.05) is 0 Å². The van der Waals surface area contributed by atoms with E-state index in [2.05, 4.69) is 0 Å². The maximum absolute atomic E-state index is 12.5. The molecular formula is C18H18N2O9S. The van der Waals surface area contributed by atoms with Crippen LogP contribution in [0.25, 0.3) is 6.08 Å². The average molecular weight is 438 g/mol. The molecule has 0 aliphatic carbocycles. The predicted molar refractivity (Wildman–Crippen MR) is 105 cm³/mol. The summed E-state index contributed by atoms with van der Waals surface area (Å²) < 4.78 is 15.0. The molecule has 1 aliphatic rings. The van der Waals surface area contributed by atoms with Crippen LogP contribution in [0.5, 0.6) is 11.5 Å². The monoisotopic (exact) mass is 438 g/mol.